The summed E-state index contributed by atoms with van der Waals surface area (Å²) in [6.07, 6.45) is 4.60. The minimum Gasteiger partial charge on any atom is -0.494 e. The molecule has 0 saturated carbocycles. The Labute approximate surface area is 184 Å². The lowest BCUT2D eigenvalue weighted by Crippen LogP contribution is -2.14. The van der Waals surface area contributed by atoms with Crippen LogP contribution in [0.4, 0.5) is 15.9 Å². The Morgan fingerprint density at radius 1 is 1.19 bits per heavy atom. The lowest BCUT2D eigenvalue weighted by Gasteiger charge is -2.12. The molecule has 1 aliphatic rings. The van der Waals surface area contributed by atoms with Gasteiger partial charge in [-0.2, -0.15) is 0 Å². The van der Waals surface area contributed by atoms with Crippen molar-refractivity contribution < 1.29 is 13.9 Å². The predicted molar refractivity (Wildman–Crippen MR) is 121 cm³/mol. The van der Waals surface area contributed by atoms with Gasteiger partial charge in [-0.15, -0.1) is 0 Å². The van der Waals surface area contributed by atoms with Crippen molar-refractivity contribution in [2.75, 3.05) is 18.2 Å². The number of amides is 1. The minimum absolute atomic E-state index is 0.0618. The maximum atomic E-state index is 13.9. The van der Waals surface area contributed by atoms with Gasteiger partial charge in [-0.1, -0.05) is 6.07 Å². The Hall–Kier alpha value is -3.94. The SMILES string of the molecule is COc1ccc(CC(=O)Nc2ccc(-n3c4c(c5ncnc(N)c53)CCC4)cc2)cc1F. The number of benzene rings is 2. The summed E-state index contributed by atoms with van der Waals surface area (Å²) < 4.78 is 20.9. The number of anilines is 2. The average Bonchev–Trinajstić information content (AvgIpc) is 3.36. The third-order valence-electron chi connectivity index (χ3n) is 5.81. The Balaban J connectivity index is 1.38. The summed E-state index contributed by atoms with van der Waals surface area (Å²) in [5.74, 6) is -0.113. The number of fused-ring (bicyclic) bond motifs is 3. The average molecular weight is 431 g/mol. The molecule has 0 bridgehead atoms. The number of ether oxygens (including phenoxy) is 1. The highest BCUT2D eigenvalue weighted by Crippen LogP contribution is 2.36. The van der Waals surface area contributed by atoms with Crippen LogP contribution in [0.1, 0.15) is 23.2 Å². The molecular formula is C24H22FN5O2. The lowest BCUT2D eigenvalue weighted by atomic mass is 10.1. The van der Waals surface area contributed by atoms with E-state index in [-0.39, 0.29) is 18.1 Å². The van der Waals surface area contributed by atoms with Crippen LogP contribution in [0.25, 0.3) is 16.7 Å². The second-order valence-corrected chi connectivity index (χ2v) is 7.81. The van der Waals surface area contributed by atoms with Crippen LogP contribution in [0.2, 0.25) is 0 Å². The van der Waals surface area contributed by atoms with E-state index in [0.29, 0.717) is 17.1 Å². The van der Waals surface area contributed by atoms with Crippen molar-refractivity contribution >= 4 is 28.4 Å². The fraction of sp³-hybridized carbons (Fsp3) is 0.208. The van der Waals surface area contributed by atoms with E-state index in [4.69, 9.17) is 10.5 Å². The molecule has 0 atom stereocenters. The molecule has 4 aromatic rings. The van der Waals surface area contributed by atoms with E-state index in [2.05, 4.69) is 19.9 Å². The number of hydrogen-bond donors (Lipinski definition) is 2. The second kappa shape index (κ2) is 7.96. The number of carbonyl (C=O) groups is 1. The van der Waals surface area contributed by atoms with E-state index in [1.807, 2.05) is 24.3 Å². The molecule has 2 aromatic heterocycles. The van der Waals surface area contributed by atoms with Crippen LogP contribution in [0.15, 0.2) is 48.8 Å². The van der Waals surface area contributed by atoms with Crippen LogP contribution in [0.5, 0.6) is 5.75 Å². The molecule has 3 N–H and O–H groups in total. The number of methoxy groups -OCH3 is 1. The van der Waals surface area contributed by atoms with Gasteiger partial charge in [-0.3, -0.25) is 4.79 Å². The molecule has 2 aromatic carbocycles. The van der Waals surface area contributed by atoms with Crippen LogP contribution in [0.3, 0.4) is 0 Å². The summed E-state index contributed by atoms with van der Waals surface area (Å²) in [6.45, 7) is 0. The van der Waals surface area contributed by atoms with E-state index in [9.17, 15) is 9.18 Å². The highest BCUT2D eigenvalue weighted by Gasteiger charge is 2.25. The summed E-state index contributed by atoms with van der Waals surface area (Å²) in [4.78, 5) is 21.1. The molecule has 0 spiro atoms. The number of nitrogen functional groups attached to an aromatic ring is 1. The summed E-state index contributed by atoms with van der Waals surface area (Å²) >= 11 is 0. The normalized spacial score (nSPS) is 12.7. The largest absolute Gasteiger partial charge is 0.494 e. The molecule has 1 aliphatic carbocycles. The predicted octanol–water partition coefficient (Wildman–Crippen LogP) is 3.82. The molecule has 2 heterocycles. The van der Waals surface area contributed by atoms with Crippen molar-refractivity contribution in [3.8, 4) is 11.4 Å². The highest BCUT2D eigenvalue weighted by molar-refractivity contribution is 5.93. The molecule has 5 rings (SSSR count). The van der Waals surface area contributed by atoms with Gasteiger partial charge in [0.15, 0.2) is 17.4 Å². The number of nitrogens with zero attached hydrogens (tertiary/aromatic N) is 3. The number of nitrogens with one attached hydrogen (secondary N) is 1. The molecule has 162 valence electrons. The minimum atomic E-state index is -0.489. The number of aromatic nitrogens is 3. The van der Waals surface area contributed by atoms with Gasteiger partial charge in [0.2, 0.25) is 5.91 Å². The Bertz CT molecular complexity index is 1330. The van der Waals surface area contributed by atoms with Gasteiger partial charge in [0.1, 0.15) is 11.8 Å². The zero-order valence-electron chi connectivity index (χ0n) is 17.6. The van der Waals surface area contributed by atoms with Gasteiger partial charge in [0.05, 0.1) is 19.0 Å². The third-order valence-corrected chi connectivity index (χ3v) is 5.81. The molecule has 0 radical (unpaired) electrons. The van der Waals surface area contributed by atoms with Crippen molar-refractivity contribution in [1.82, 2.24) is 14.5 Å². The van der Waals surface area contributed by atoms with E-state index in [1.165, 1.54) is 36.8 Å². The van der Waals surface area contributed by atoms with Gasteiger partial charge >= 0.3 is 0 Å². The van der Waals surface area contributed by atoms with Crippen molar-refractivity contribution in [2.45, 2.75) is 25.7 Å². The van der Waals surface area contributed by atoms with Gasteiger partial charge in [0, 0.05) is 17.1 Å². The topological polar surface area (TPSA) is 95.1 Å². The van der Waals surface area contributed by atoms with Crippen molar-refractivity contribution in [3.63, 3.8) is 0 Å². The van der Waals surface area contributed by atoms with Crippen LogP contribution in [0, 0.1) is 5.82 Å². The molecule has 0 saturated heterocycles. The number of halogens is 1. The molecule has 7 nitrogen and oxygen atoms in total. The van der Waals surface area contributed by atoms with Crippen molar-refractivity contribution in [2.24, 2.45) is 0 Å². The first-order valence-corrected chi connectivity index (χ1v) is 10.4. The third kappa shape index (κ3) is 3.43. The fourth-order valence-electron chi connectivity index (χ4n) is 4.39. The van der Waals surface area contributed by atoms with Gasteiger partial charge < -0.3 is 20.4 Å². The molecule has 0 fully saturated rings. The van der Waals surface area contributed by atoms with Gasteiger partial charge in [-0.25, -0.2) is 14.4 Å². The van der Waals surface area contributed by atoms with Crippen LogP contribution in [-0.2, 0) is 24.1 Å². The maximum Gasteiger partial charge on any atom is 0.228 e. The van der Waals surface area contributed by atoms with E-state index < -0.39 is 5.82 Å². The molecule has 32 heavy (non-hydrogen) atoms. The molecular weight excluding hydrogens is 409 g/mol. The van der Waals surface area contributed by atoms with Crippen molar-refractivity contribution in [1.29, 1.82) is 0 Å². The molecule has 0 unspecified atom stereocenters. The van der Waals surface area contributed by atoms with E-state index in [1.54, 1.807) is 6.07 Å². The number of rotatable bonds is 5. The van der Waals surface area contributed by atoms with Crippen LogP contribution < -0.4 is 15.8 Å². The Morgan fingerprint density at radius 3 is 2.75 bits per heavy atom. The quantitative estimate of drug-likeness (QED) is 0.501. The number of nitrogens with two attached hydrogens (primary N) is 1. The van der Waals surface area contributed by atoms with Crippen LogP contribution in [-0.4, -0.2) is 27.6 Å². The zero-order chi connectivity index (χ0) is 22.2. The molecule has 1 amide bonds. The highest BCUT2D eigenvalue weighted by atomic mass is 19.1. The summed E-state index contributed by atoms with van der Waals surface area (Å²) in [7, 11) is 1.40. The summed E-state index contributed by atoms with van der Waals surface area (Å²) in [5, 5.41) is 2.86. The number of hydrogen-bond acceptors (Lipinski definition) is 5. The number of carbonyl (C=O) groups excluding carboxylic acids is 1. The maximum absolute atomic E-state index is 13.9. The Kier molecular flexibility index (Phi) is 4.97. The summed E-state index contributed by atoms with van der Waals surface area (Å²) in [5.41, 5.74) is 12.5. The smallest absolute Gasteiger partial charge is 0.228 e. The van der Waals surface area contributed by atoms with E-state index in [0.717, 1.165) is 36.0 Å². The second-order valence-electron chi connectivity index (χ2n) is 7.81. The molecule has 8 heteroatoms. The first-order valence-electron chi connectivity index (χ1n) is 10.4. The first kappa shape index (κ1) is 20.0. The van der Waals surface area contributed by atoms with Crippen molar-refractivity contribution in [3.05, 3.63) is 71.4 Å². The van der Waals surface area contributed by atoms with Crippen LogP contribution >= 0.6 is 0 Å². The number of aryl methyl sites for hydroxylation is 1. The zero-order valence-corrected chi connectivity index (χ0v) is 17.6. The first-order chi connectivity index (χ1) is 15.5. The Morgan fingerprint density at radius 2 is 2.00 bits per heavy atom. The molecule has 0 aliphatic heterocycles. The summed E-state index contributed by atoms with van der Waals surface area (Å²) in [6, 6.07) is 12.1. The van der Waals surface area contributed by atoms with Gasteiger partial charge in [0.25, 0.3) is 0 Å². The van der Waals surface area contributed by atoms with Gasteiger partial charge in [-0.05, 0) is 66.8 Å². The van der Waals surface area contributed by atoms with E-state index >= 15 is 0 Å². The lowest BCUT2D eigenvalue weighted by molar-refractivity contribution is -0.115. The fourth-order valence-corrected chi connectivity index (χ4v) is 4.39. The standard InChI is InChI=1S/C24H22FN5O2/c1-32-20-10-5-14(11-18(20)25)12-21(31)29-15-6-8-16(9-7-15)30-19-4-2-3-17(19)22-23(30)24(26)28-13-27-22/h5-11,13H,2-4,12H2,1H3,(H,29,31)(H2,26,27,28). The monoisotopic (exact) mass is 431 g/mol.